The first-order valence-corrected chi connectivity index (χ1v) is 12.1. The molecule has 0 spiro atoms. The van der Waals surface area contributed by atoms with E-state index in [-0.39, 0.29) is 12.0 Å². The predicted octanol–water partition coefficient (Wildman–Crippen LogP) is 5.56. The highest BCUT2D eigenvalue weighted by Crippen LogP contribution is 2.17. The van der Waals surface area contributed by atoms with E-state index in [0.29, 0.717) is 23.8 Å². The highest BCUT2D eigenvalue weighted by Gasteiger charge is 2.16. The number of aryl methyl sites for hydroxylation is 2. The van der Waals surface area contributed by atoms with E-state index in [0.717, 1.165) is 42.0 Å². The van der Waals surface area contributed by atoms with Crippen molar-refractivity contribution in [1.82, 2.24) is 10.3 Å². The molecule has 1 amide bonds. The van der Waals surface area contributed by atoms with Gasteiger partial charge in [-0.1, -0.05) is 50.3 Å². The highest BCUT2D eigenvalue weighted by molar-refractivity contribution is 7.13. The van der Waals surface area contributed by atoms with E-state index in [1.165, 1.54) is 17.4 Å². The number of carbonyl (C=O) groups is 2. The molecule has 1 aliphatic heterocycles. The fourth-order valence-corrected chi connectivity index (χ4v) is 3.78. The fraction of sp³-hybridized carbons (Fsp3) is 0.423. The minimum absolute atomic E-state index is 0.0445. The number of aldehydes is 1. The van der Waals surface area contributed by atoms with E-state index < -0.39 is 0 Å². The molecule has 1 aromatic heterocycles. The second kappa shape index (κ2) is 16.8. The first-order valence-electron chi connectivity index (χ1n) is 11.3. The fourth-order valence-electron chi connectivity index (χ4n) is 2.95. The highest BCUT2D eigenvalue weighted by atomic mass is 32.1. The van der Waals surface area contributed by atoms with Gasteiger partial charge in [-0.2, -0.15) is 0 Å². The van der Waals surface area contributed by atoms with Gasteiger partial charge in [-0.15, -0.1) is 11.3 Å². The molecule has 0 aliphatic carbocycles. The van der Waals surface area contributed by atoms with Crippen LogP contribution in [0.2, 0.25) is 0 Å². The number of rotatable bonds is 8. The number of carbonyl (C=O) groups excluding carboxylic acids is 2. The molecular formula is C26H36N2O4S. The van der Waals surface area contributed by atoms with E-state index in [9.17, 15) is 9.59 Å². The van der Waals surface area contributed by atoms with Crippen molar-refractivity contribution in [3.63, 3.8) is 0 Å². The van der Waals surface area contributed by atoms with Gasteiger partial charge in [0.25, 0.3) is 5.91 Å². The number of nitrogens with one attached hydrogen (secondary N) is 1. The van der Waals surface area contributed by atoms with Crippen molar-refractivity contribution in [2.75, 3.05) is 13.2 Å². The van der Waals surface area contributed by atoms with E-state index in [4.69, 9.17) is 9.47 Å². The van der Waals surface area contributed by atoms with Gasteiger partial charge in [0.05, 0.1) is 16.8 Å². The molecule has 1 unspecified atom stereocenters. The lowest BCUT2D eigenvalue weighted by Crippen LogP contribution is -2.22. The lowest BCUT2D eigenvalue weighted by molar-refractivity contribution is -0.104. The van der Waals surface area contributed by atoms with Crippen molar-refractivity contribution in [2.24, 2.45) is 0 Å². The van der Waals surface area contributed by atoms with Gasteiger partial charge in [0, 0.05) is 19.2 Å². The summed E-state index contributed by atoms with van der Waals surface area (Å²) >= 11 is 1.43. The Labute approximate surface area is 201 Å². The van der Waals surface area contributed by atoms with E-state index in [2.05, 4.69) is 10.3 Å². The zero-order chi connectivity index (χ0) is 24.5. The number of nitrogens with zero attached hydrogens (tertiary/aromatic N) is 1. The Morgan fingerprint density at radius 3 is 2.55 bits per heavy atom. The maximum Gasteiger partial charge on any atom is 0.263 e. The van der Waals surface area contributed by atoms with Gasteiger partial charge in [-0.25, -0.2) is 4.98 Å². The third-order valence-corrected chi connectivity index (χ3v) is 5.50. The summed E-state index contributed by atoms with van der Waals surface area (Å²) in [7, 11) is 0. The molecule has 1 N–H and O–H groups in total. The number of benzene rings is 1. The SMILES string of the molecule is C/C=C\C(=C/C=O)OCC1CCCO1.CC.Cc1nc(C)c(C(=O)NCc2ccccc2)s1. The van der Waals surface area contributed by atoms with Gasteiger partial charge in [-0.05, 0) is 45.3 Å². The molecule has 7 heteroatoms. The lowest BCUT2D eigenvalue weighted by Gasteiger charge is -2.11. The molecule has 6 nitrogen and oxygen atoms in total. The lowest BCUT2D eigenvalue weighted by atomic mass is 10.2. The van der Waals surface area contributed by atoms with Crippen LogP contribution in [-0.4, -0.2) is 36.5 Å². The monoisotopic (exact) mass is 472 g/mol. The van der Waals surface area contributed by atoms with Gasteiger partial charge in [0.1, 0.15) is 23.5 Å². The average Bonchev–Trinajstić information content (AvgIpc) is 3.47. The molecule has 2 heterocycles. The molecule has 33 heavy (non-hydrogen) atoms. The average molecular weight is 473 g/mol. The normalized spacial score (nSPS) is 15.2. The standard InChI is InChI=1S/C13H14N2OS.C11H16O3.C2H6/c1-9-12(17-10(2)15-9)13(16)14-8-11-6-4-3-5-7-11;1-2-4-10(6-7-12)14-9-11-5-3-8-13-11;1-2/h3-7H,8H2,1-2H3,(H,14,16);2,4,6-7,11H,3,5,8-9H2,1H3;1-2H3/b;4-2-,10-6+;. The van der Waals surface area contributed by atoms with Crippen LogP contribution in [0.3, 0.4) is 0 Å². The first kappa shape index (κ1) is 28.3. The zero-order valence-corrected chi connectivity index (χ0v) is 21.1. The zero-order valence-electron chi connectivity index (χ0n) is 20.3. The van der Waals surface area contributed by atoms with Gasteiger partial charge >= 0.3 is 0 Å². The van der Waals surface area contributed by atoms with E-state index >= 15 is 0 Å². The van der Waals surface area contributed by atoms with Crippen molar-refractivity contribution < 1.29 is 19.1 Å². The molecule has 1 atom stereocenters. The van der Waals surface area contributed by atoms with Crippen LogP contribution in [0.5, 0.6) is 0 Å². The van der Waals surface area contributed by atoms with Crippen LogP contribution >= 0.6 is 11.3 Å². The summed E-state index contributed by atoms with van der Waals surface area (Å²) < 4.78 is 10.8. The van der Waals surface area contributed by atoms with Crippen LogP contribution in [-0.2, 0) is 20.8 Å². The molecule has 0 radical (unpaired) electrons. The number of hydrogen-bond donors (Lipinski definition) is 1. The summed E-state index contributed by atoms with van der Waals surface area (Å²) in [5.41, 5.74) is 1.90. The summed E-state index contributed by atoms with van der Waals surface area (Å²) in [5.74, 6) is 0.551. The first-order chi connectivity index (χ1) is 16.0. The quantitative estimate of drug-likeness (QED) is 0.236. The molecule has 1 aliphatic rings. The third-order valence-electron chi connectivity index (χ3n) is 4.43. The van der Waals surface area contributed by atoms with Crippen LogP contribution in [0.25, 0.3) is 0 Å². The summed E-state index contributed by atoms with van der Waals surface area (Å²) in [6.07, 6.45) is 8.08. The number of thiazole rings is 1. The van der Waals surface area contributed by atoms with Crippen LogP contribution in [0.4, 0.5) is 0 Å². The number of allylic oxidation sites excluding steroid dienone is 3. The Balaban J connectivity index is 0.000000313. The Hall–Kier alpha value is -2.77. The Morgan fingerprint density at radius 1 is 1.27 bits per heavy atom. The summed E-state index contributed by atoms with van der Waals surface area (Å²) in [6, 6.07) is 9.87. The largest absolute Gasteiger partial charge is 0.491 e. The molecule has 180 valence electrons. The molecule has 2 aromatic rings. The molecule has 3 rings (SSSR count). The third kappa shape index (κ3) is 11.1. The van der Waals surface area contributed by atoms with Crippen molar-refractivity contribution in [3.8, 4) is 0 Å². The maximum atomic E-state index is 11.9. The van der Waals surface area contributed by atoms with Crippen LogP contribution in [0, 0.1) is 13.8 Å². The van der Waals surface area contributed by atoms with Gasteiger partial charge < -0.3 is 14.8 Å². The molecule has 0 bridgehead atoms. The Bertz CT molecular complexity index is 885. The Kier molecular flexibility index (Phi) is 14.4. The maximum absolute atomic E-state index is 11.9. The molecule has 1 fully saturated rings. The van der Waals surface area contributed by atoms with Crippen LogP contribution in [0.15, 0.2) is 54.3 Å². The molecule has 0 saturated carbocycles. The molecule has 1 aromatic carbocycles. The van der Waals surface area contributed by atoms with Gasteiger partial charge in [0.15, 0.2) is 0 Å². The number of hydrogen-bond acceptors (Lipinski definition) is 6. The van der Waals surface area contributed by atoms with Crippen LogP contribution in [0.1, 0.15) is 59.5 Å². The topological polar surface area (TPSA) is 77.5 Å². The van der Waals surface area contributed by atoms with Crippen molar-refractivity contribution in [2.45, 2.75) is 60.1 Å². The van der Waals surface area contributed by atoms with E-state index in [1.54, 1.807) is 6.08 Å². The molecular weight excluding hydrogens is 436 g/mol. The number of aromatic nitrogens is 1. The van der Waals surface area contributed by atoms with Crippen LogP contribution < -0.4 is 5.32 Å². The van der Waals surface area contributed by atoms with Gasteiger partial charge in [-0.3, -0.25) is 9.59 Å². The van der Waals surface area contributed by atoms with Crippen molar-refractivity contribution in [3.05, 3.63) is 75.5 Å². The van der Waals surface area contributed by atoms with E-state index in [1.807, 2.05) is 71.0 Å². The van der Waals surface area contributed by atoms with Crippen molar-refractivity contribution >= 4 is 23.5 Å². The summed E-state index contributed by atoms with van der Waals surface area (Å²) in [5, 5.41) is 3.82. The minimum atomic E-state index is -0.0445. The predicted molar refractivity (Wildman–Crippen MR) is 134 cm³/mol. The summed E-state index contributed by atoms with van der Waals surface area (Å²) in [4.78, 5) is 27.1. The number of amides is 1. The second-order valence-electron chi connectivity index (χ2n) is 6.97. The minimum Gasteiger partial charge on any atom is -0.491 e. The Morgan fingerprint density at radius 2 is 2.00 bits per heavy atom. The second-order valence-corrected chi connectivity index (χ2v) is 8.17. The summed E-state index contributed by atoms with van der Waals surface area (Å²) in [6.45, 7) is 11.6. The molecule has 1 saturated heterocycles. The number of ether oxygens (including phenoxy) is 2. The smallest absolute Gasteiger partial charge is 0.263 e. The van der Waals surface area contributed by atoms with Crippen molar-refractivity contribution in [1.29, 1.82) is 0 Å². The van der Waals surface area contributed by atoms with Gasteiger partial charge in [0.2, 0.25) is 0 Å².